The van der Waals surface area contributed by atoms with Crippen LogP contribution in [0, 0.1) is 0 Å². The first-order valence-corrected chi connectivity index (χ1v) is 11.3. The Labute approximate surface area is 180 Å². The Balaban J connectivity index is 1.47. The largest absolute Gasteiger partial charge is 0.338 e. The lowest BCUT2D eigenvalue weighted by molar-refractivity contribution is 0.163. The number of hydrogen-bond donors (Lipinski definition) is 0. The minimum atomic E-state index is 0.623. The Morgan fingerprint density at radius 2 is 1.80 bits per heavy atom. The molecule has 7 heteroatoms. The second-order valence-corrected chi connectivity index (χ2v) is 8.55. The Bertz CT molecular complexity index is 776. The summed E-state index contributed by atoms with van der Waals surface area (Å²) in [5.41, 5.74) is 2.21. The van der Waals surface area contributed by atoms with Crippen LogP contribution < -0.4 is 4.90 Å². The molecular formula is C23H35N7. The zero-order chi connectivity index (χ0) is 20.8. The van der Waals surface area contributed by atoms with Crippen molar-refractivity contribution in [3.05, 3.63) is 48.0 Å². The van der Waals surface area contributed by atoms with E-state index in [9.17, 15) is 0 Å². The number of pyridine rings is 1. The maximum absolute atomic E-state index is 4.94. The molecule has 0 unspecified atom stereocenters. The van der Waals surface area contributed by atoms with E-state index in [1.54, 1.807) is 0 Å². The number of aromatic nitrogens is 3. The zero-order valence-corrected chi connectivity index (χ0v) is 18.5. The van der Waals surface area contributed by atoms with Crippen molar-refractivity contribution in [1.82, 2.24) is 29.7 Å². The van der Waals surface area contributed by atoms with Crippen LogP contribution in [-0.4, -0.2) is 88.6 Å². The van der Waals surface area contributed by atoms with E-state index in [2.05, 4.69) is 61.7 Å². The molecule has 1 atom stereocenters. The van der Waals surface area contributed by atoms with E-state index in [1.807, 2.05) is 18.5 Å². The van der Waals surface area contributed by atoms with E-state index in [-0.39, 0.29) is 0 Å². The van der Waals surface area contributed by atoms with Crippen LogP contribution in [0.3, 0.4) is 0 Å². The molecular weight excluding hydrogens is 374 g/mol. The molecule has 0 bridgehead atoms. The summed E-state index contributed by atoms with van der Waals surface area (Å²) in [5, 5.41) is 0. The first kappa shape index (κ1) is 21.2. The third kappa shape index (κ3) is 5.53. The van der Waals surface area contributed by atoms with Gasteiger partial charge in [0, 0.05) is 64.2 Å². The average Bonchev–Trinajstić information content (AvgIpc) is 3.22. The second kappa shape index (κ2) is 10.3. The van der Waals surface area contributed by atoms with Crippen molar-refractivity contribution in [2.75, 3.05) is 57.8 Å². The van der Waals surface area contributed by atoms with Gasteiger partial charge in [-0.25, -0.2) is 9.97 Å². The predicted molar refractivity (Wildman–Crippen MR) is 120 cm³/mol. The quantitative estimate of drug-likeness (QED) is 0.662. The van der Waals surface area contributed by atoms with Gasteiger partial charge < -0.3 is 9.80 Å². The van der Waals surface area contributed by atoms with Gasteiger partial charge in [0.15, 0.2) is 0 Å². The molecule has 0 aromatic carbocycles. The van der Waals surface area contributed by atoms with Crippen molar-refractivity contribution in [3.63, 3.8) is 0 Å². The smallest absolute Gasteiger partial charge is 0.225 e. The maximum atomic E-state index is 4.94. The molecule has 2 fully saturated rings. The van der Waals surface area contributed by atoms with Crippen molar-refractivity contribution in [1.29, 1.82) is 0 Å². The van der Waals surface area contributed by atoms with Crippen molar-refractivity contribution in [2.45, 2.75) is 38.9 Å². The highest BCUT2D eigenvalue weighted by Crippen LogP contribution is 2.20. The lowest BCUT2D eigenvalue weighted by Gasteiger charge is -2.33. The summed E-state index contributed by atoms with van der Waals surface area (Å²) in [6.45, 7) is 11.5. The van der Waals surface area contributed by atoms with E-state index in [0.717, 1.165) is 69.7 Å². The average molecular weight is 410 g/mol. The molecule has 0 spiro atoms. The van der Waals surface area contributed by atoms with Crippen molar-refractivity contribution in [3.8, 4) is 0 Å². The van der Waals surface area contributed by atoms with Crippen LogP contribution in [0.25, 0.3) is 0 Å². The Kier molecular flexibility index (Phi) is 7.25. The number of likely N-dealkylation sites (tertiary alicyclic amines) is 1. The zero-order valence-electron chi connectivity index (χ0n) is 18.5. The maximum Gasteiger partial charge on any atom is 0.225 e. The van der Waals surface area contributed by atoms with E-state index >= 15 is 0 Å². The molecule has 0 saturated carbocycles. The standard InChI is InChI=1S/C23H35N7/c1-3-29-12-6-8-22(29)19-28(17-20-7-4-5-10-24-20)18-21-9-11-25-23(26-21)30-15-13-27(2)14-16-30/h4-5,7,9-11,22H,3,6,8,12-19H2,1-2H3/t22-/m1/s1. The van der Waals surface area contributed by atoms with Crippen LogP contribution in [0.1, 0.15) is 31.2 Å². The first-order chi connectivity index (χ1) is 14.7. The third-order valence-electron chi connectivity index (χ3n) is 6.36. The van der Waals surface area contributed by atoms with Crippen molar-refractivity contribution < 1.29 is 0 Å². The van der Waals surface area contributed by atoms with Gasteiger partial charge in [0.05, 0.1) is 11.4 Å². The molecule has 0 amide bonds. The highest BCUT2D eigenvalue weighted by molar-refractivity contribution is 5.31. The molecule has 162 valence electrons. The molecule has 0 radical (unpaired) electrons. The SMILES string of the molecule is CCN1CCC[C@@H]1CN(Cc1ccccn1)Cc1ccnc(N2CCN(C)CC2)n1. The van der Waals surface area contributed by atoms with Crippen LogP contribution in [0.4, 0.5) is 5.95 Å². The summed E-state index contributed by atoms with van der Waals surface area (Å²) < 4.78 is 0. The second-order valence-electron chi connectivity index (χ2n) is 8.55. The van der Waals surface area contributed by atoms with Crippen molar-refractivity contribution in [2.24, 2.45) is 0 Å². The van der Waals surface area contributed by atoms with E-state index < -0.39 is 0 Å². The molecule has 7 nitrogen and oxygen atoms in total. The van der Waals surface area contributed by atoms with Gasteiger partial charge >= 0.3 is 0 Å². The fourth-order valence-corrected chi connectivity index (χ4v) is 4.58. The van der Waals surface area contributed by atoms with Gasteiger partial charge in [-0.1, -0.05) is 13.0 Å². The third-order valence-corrected chi connectivity index (χ3v) is 6.36. The highest BCUT2D eigenvalue weighted by Gasteiger charge is 2.26. The molecule has 2 saturated heterocycles. The Morgan fingerprint density at radius 1 is 0.967 bits per heavy atom. The molecule has 4 rings (SSSR count). The van der Waals surface area contributed by atoms with Gasteiger partial charge in [0.1, 0.15) is 0 Å². The van der Waals surface area contributed by atoms with Gasteiger partial charge in [-0.2, -0.15) is 0 Å². The summed E-state index contributed by atoms with van der Waals surface area (Å²) in [7, 11) is 2.17. The highest BCUT2D eigenvalue weighted by atomic mass is 15.3. The van der Waals surface area contributed by atoms with Crippen LogP contribution in [-0.2, 0) is 13.1 Å². The van der Waals surface area contributed by atoms with E-state index in [4.69, 9.17) is 4.98 Å². The van der Waals surface area contributed by atoms with Gasteiger partial charge in [-0.3, -0.25) is 14.8 Å². The lowest BCUT2D eigenvalue weighted by atomic mass is 10.2. The minimum absolute atomic E-state index is 0.623. The molecule has 2 aromatic rings. The summed E-state index contributed by atoms with van der Waals surface area (Å²) in [6.07, 6.45) is 6.39. The molecule has 4 heterocycles. The predicted octanol–water partition coefficient (Wildman–Crippen LogP) is 2.11. The topological polar surface area (TPSA) is 51.6 Å². The number of anilines is 1. The van der Waals surface area contributed by atoms with Gasteiger partial charge in [-0.05, 0) is 51.2 Å². The van der Waals surface area contributed by atoms with Crippen LogP contribution >= 0.6 is 0 Å². The minimum Gasteiger partial charge on any atom is -0.338 e. The number of piperazine rings is 1. The Hall–Kier alpha value is -2.09. The van der Waals surface area contributed by atoms with E-state index in [1.165, 1.54) is 19.4 Å². The molecule has 2 aliphatic heterocycles. The first-order valence-electron chi connectivity index (χ1n) is 11.3. The van der Waals surface area contributed by atoms with E-state index in [0.29, 0.717) is 6.04 Å². The molecule has 2 aliphatic rings. The normalized spacial score (nSPS) is 20.9. The number of nitrogens with zero attached hydrogens (tertiary/aromatic N) is 7. The molecule has 0 aliphatic carbocycles. The van der Waals surface area contributed by atoms with Crippen LogP contribution in [0.5, 0.6) is 0 Å². The number of rotatable bonds is 8. The number of hydrogen-bond acceptors (Lipinski definition) is 7. The van der Waals surface area contributed by atoms with Crippen LogP contribution in [0.2, 0.25) is 0 Å². The van der Waals surface area contributed by atoms with Gasteiger partial charge in [0.25, 0.3) is 0 Å². The molecule has 30 heavy (non-hydrogen) atoms. The molecule has 2 aromatic heterocycles. The van der Waals surface area contributed by atoms with Crippen LogP contribution in [0.15, 0.2) is 36.7 Å². The lowest BCUT2D eigenvalue weighted by Crippen LogP contribution is -2.45. The Morgan fingerprint density at radius 3 is 2.57 bits per heavy atom. The van der Waals surface area contributed by atoms with Gasteiger partial charge in [-0.15, -0.1) is 0 Å². The summed E-state index contributed by atoms with van der Waals surface area (Å²) >= 11 is 0. The summed E-state index contributed by atoms with van der Waals surface area (Å²) in [6, 6.07) is 8.87. The monoisotopic (exact) mass is 409 g/mol. The molecule has 0 N–H and O–H groups in total. The number of likely N-dealkylation sites (N-methyl/N-ethyl adjacent to an activating group) is 2. The fraction of sp³-hybridized carbons (Fsp3) is 0.609. The fourth-order valence-electron chi connectivity index (χ4n) is 4.58. The van der Waals surface area contributed by atoms with Crippen molar-refractivity contribution >= 4 is 5.95 Å². The summed E-state index contributed by atoms with van der Waals surface area (Å²) in [4.78, 5) is 23.9. The van der Waals surface area contributed by atoms with Gasteiger partial charge in [0.2, 0.25) is 5.95 Å². The summed E-state index contributed by atoms with van der Waals surface area (Å²) in [5.74, 6) is 0.870.